The summed E-state index contributed by atoms with van der Waals surface area (Å²) in [6, 6.07) is 11.7. The average Bonchev–Trinajstić information content (AvgIpc) is 2.55. The van der Waals surface area contributed by atoms with Gasteiger partial charge in [-0.15, -0.1) is 0 Å². The lowest BCUT2D eigenvalue weighted by Crippen LogP contribution is -2.23. The van der Waals surface area contributed by atoms with Gasteiger partial charge in [0, 0.05) is 6.54 Å². The van der Waals surface area contributed by atoms with Gasteiger partial charge in [-0.05, 0) is 35.7 Å². The number of carbonyl (C=O) groups is 2. The van der Waals surface area contributed by atoms with Gasteiger partial charge in [0.15, 0.2) is 0 Å². The van der Waals surface area contributed by atoms with Crippen LogP contribution in [-0.2, 0) is 16.0 Å². The zero-order valence-electron chi connectivity index (χ0n) is 13.1. The van der Waals surface area contributed by atoms with Crippen molar-refractivity contribution in [1.29, 1.82) is 0 Å². The number of hydrogen-bond acceptors (Lipinski definition) is 3. The van der Waals surface area contributed by atoms with Crippen LogP contribution in [0.1, 0.15) is 22.8 Å². The van der Waals surface area contributed by atoms with Gasteiger partial charge in [-0.3, -0.25) is 9.59 Å². The first-order chi connectivity index (χ1) is 11.0. The Balaban J connectivity index is 2.20. The molecule has 2 aromatic rings. The molecule has 1 N–H and O–H groups in total. The van der Waals surface area contributed by atoms with Crippen LogP contribution in [0.3, 0.4) is 0 Å². The van der Waals surface area contributed by atoms with Gasteiger partial charge in [0.2, 0.25) is 0 Å². The summed E-state index contributed by atoms with van der Waals surface area (Å²) in [5, 5.41) is 2.57. The van der Waals surface area contributed by atoms with Crippen LogP contribution in [0, 0.1) is 5.82 Å². The Kier molecular flexibility index (Phi) is 5.46. The molecule has 0 fully saturated rings. The predicted octanol–water partition coefficient (Wildman–Crippen LogP) is 2.96. The Bertz CT molecular complexity index is 711. The number of methoxy groups -OCH3 is 1. The third-order valence-electron chi connectivity index (χ3n) is 3.41. The summed E-state index contributed by atoms with van der Waals surface area (Å²) >= 11 is 0. The number of amides is 1. The molecule has 0 aromatic heterocycles. The van der Waals surface area contributed by atoms with Gasteiger partial charge >= 0.3 is 5.97 Å². The summed E-state index contributed by atoms with van der Waals surface area (Å²) in [4.78, 5) is 22.9. The van der Waals surface area contributed by atoms with Crippen molar-refractivity contribution < 1.29 is 18.7 Å². The molecule has 0 heterocycles. The molecule has 0 bridgehead atoms. The van der Waals surface area contributed by atoms with Crippen molar-refractivity contribution in [2.45, 2.75) is 13.3 Å². The van der Waals surface area contributed by atoms with Crippen LogP contribution in [-0.4, -0.2) is 25.5 Å². The second-order valence-electron chi connectivity index (χ2n) is 5.00. The summed E-state index contributed by atoms with van der Waals surface area (Å²) in [5.41, 5.74) is 2.32. The molecule has 2 rings (SSSR count). The third kappa shape index (κ3) is 4.16. The lowest BCUT2D eigenvalue weighted by Gasteiger charge is -2.07. The maximum Gasteiger partial charge on any atom is 0.309 e. The van der Waals surface area contributed by atoms with Gasteiger partial charge in [-0.25, -0.2) is 4.39 Å². The highest BCUT2D eigenvalue weighted by molar-refractivity contribution is 5.95. The van der Waals surface area contributed by atoms with E-state index in [1.807, 2.05) is 0 Å². The van der Waals surface area contributed by atoms with Crippen LogP contribution >= 0.6 is 0 Å². The second-order valence-corrected chi connectivity index (χ2v) is 5.00. The van der Waals surface area contributed by atoms with Crippen LogP contribution in [0.15, 0.2) is 42.5 Å². The molecule has 0 saturated carbocycles. The molecule has 5 heteroatoms. The van der Waals surface area contributed by atoms with E-state index in [-0.39, 0.29) is 18.0 Å². The van der Waals surface area contributed by atoms with Gasteiger partial charge in [0.25, 0.3) is 5.91 Å². The fourth-order valence-electron chi connectivity index (χ4n) is 2.19. The van der Waals surface area contributed by atoms with Crippen LogP contribution < -0.4 is 5.32 Å². The van der Waals surface area contributed by atoms with Crippen LogP contribution in [0.2, 0.25) is 0 Å². The van der Waals surface area contributed by atoms with Crippen molar-refractivity contribution in [1.82, 2.24) is 5.32 Å². The maximum atomic E-state index is 14.1. The quantitative estimate of drug-likeness (QED) is 0.863. The smallest absolute Gasteiger partial charge is 0.309 e. The van der Waals surface area contributed by atoms with E-state index in [0.29, 0.717) is 12.1 Å². The first-order valence-electron chi connectivity index (χ1n) is 7.29. The summed E-state index contributed by atoms with van der Waals surface area (Å²) in [6.07, 6.45) is 0.196. The topological polar surface area (TPSA) is 55.4 Å². The monoisotopic (exact) mass is 315 g/mol. The molecule has 0 radical (unpaired) electrons. The fraction of sp³-hybridized carbons (Fsp3) is 0.222. The molecule has 120 valence electrons. The number of ether oxygens (including phenoxy) is 1. The van der Waals surface area contributed by atoms with Crippen molar-refractivity contribution in [3.63, 3.8) is 0 Å². The van der Waals surface area contributed by atoms with Gasteiger partial charge in [0.05, 0.1) is 19.1 Å². The van der Waals surface area contributed by atoms with Crippen LogP contribution in [0.25, 0.3) is 11.1 Å². The van der Waals surface area contributed by atoms with Gasteiger partial charge in [-0.2, -0.15) is 0 Å². The summed E-state index contributed by atoms with van der Waals surface area (Å²) in [5.74, 6) is -1.30. The van der Waals surface area contributed by atoms with Crippen molar-refractivity contribution in [2.24, 2.45) is 0 Å². The summed E-state index contributed by atoms with van der Waals surface area (Å²) < 4.78 is 18.7. The minimum Gasteiger partial charge on any atom is -0.469 e. The maximum absolute atomic E-state index is 14.1. The molecular weight excluding hydrogens is 297 g/mol. The first kappa shape index (κ1) is 16.7. The molecule has 2 aromatic carbocycles. The van der Waals surface area contributed by atoms with Gasteiger partial charge in [-0.1, -0.05) is 30.3 Å². The number of esters is 1. The molecule has 0 aliphatic rings. The van der Waals surface area contributed by atoms with Crippen molar-refractivity contribution >= 4 is 11.9 Å². The van der Waals surface area contributed by atoms with Gasteiger partial charge in [0.1, 0.15) is 5.82 Å². The SMILES string of the molecule is CCNC(=O)c1ccc(-c2ccc(CC(=O)OC)cc2)cc1F. The number of nitrogens with one attached hydrogen (secondary N) is 1. The number of benzene rings is 2. The van der Waals surface area contributed by atoms with Crippen molar-refractivity contribution in [3.05, 3.63) is 59.4 Å². The normalized spacial score (nSPS) is 10.2. The first-order valence-corrected chi connectivity index (χ1v) is 7.29. The number of carbonyl (C=O) groups excluding carboxylic acids is 2. The molecule has 0 atom stereocenters. The molecule has 0 aliphatic heterocycles. The van der Waals surface area contributed by atoms with E-state index in [9.17, 15) is 14.0 Å². The van der Waals surface area contributed by atoms with Crippen molar-refractivity contribution in [3.8, 4) is 11.1 Å². The van der Waals surface area contributed by atoms with Crippen LogP contribution in [0.4, 0.5) is 4.39 Å². The number of rotatable bonds is 5. The van der Waals surface area contributed by atoms with E-state index < -0.39 is 11.7 Å². The Hall–Kier alpha value is -2.69. The predicted molar refractivity (Wildman–Crippen MR) is 85.6 cm³/mol. The number of halogens is 1. The zero-order valence-corrected chi connectivity index (χ0v) is 13.1. The largest absolute Gasteiger partial charge is 0.469 e. The Morgan fingerprint density at radius 3 is 2.30 bits per heavy atom. The van der Waals surface area contributed by atoms with Crippen LogP contribution in [0.5, 0.6) is 0 Å². The number of hydrogen-bond donors (Lipinski definition) is 1. The molecule has 0 saturated heterocycles. The Morgan fingerprint density at radius 1 is 1.09 bits per heavy atom. The molecular formula is C18H18FNO3. The highest BCUT2D eigenvalue weighted by atomic mass is 19.1. The molecule has 4 nitrogen and oxygen atoms in total. The molecule has 0 unspecified atom stereocenters. The minimum absolute atomic E-state index is 0.0258. The third-order valence-corrected chi connectivity index (χ3v) is 3.41. The second kappa shape index (κ2) is 7.54. The zero-order chi connectivity index (χ0) is 16.8. The van der Waals surface area contributed by atoms with E-state index in [2.05, 4.69) is 10.1 Å². The molecule has 0 aliphatic carbocycles. The van der Waals surface area contributed by atoms with Crippen molar-refractivity contribution in [2.75, 3.05) is 13.7 Å². The van der Waals surface area contributed by atoms with Gasteiger partial charge < -0.3 is 10.1 Å². The van der Waals surface area contributed by atoms with E-state index in [0.717, 1.165) is 11.1 Å². The lowest BCUT2D eigenvalue weighted by molar-refractivity contribution is -0.139. The Morgan fingerprint density at radius 2 is 1.74 bits per heavy atom. The lowest BCUT2D eigenvalue weighted by atomic mass is 10.0. The minimum atomic E-state index is -0.563. The fourth-order valence-corrected chi connectivity index (χ4v) is 2.19. The molecule has 0 spiro atoms. The molecule has 1 amide bonds. The highest BCUT2D eigenvalue weighted by Crippen LogP contribution is 2.22. The standard InChI is InChI=1S/C18H18FNO3/c1-3-20-18(22)15-9-8-14(11-16(15)19)13-6-4-12(5-7-13)10-17(21)23-2/h4-9,11H,3,10H2,1-2H3,(H,20,22). The molecule has 23 heavy (non-hydrogen) atoms. The van der Waals surface area contributed by atoms with E-state index in [1.165, 1.54) is 19.2 Å². The van der Waals surface area contributed by atoms with E-state index in [4.69, 9.17) is 0 Å². The average molecular weight is 315 g/mol. The Labute approximate surface area is 134 Å². The van der Waals surface area contributed by atoms with E-state index >= 15 is 0 Å². The van der Waals surface area contributed by atoms with E-state index in [1.54, 1.807) is 37.3 Å². The summed E-state index contributed by atoms with van der Waals surface area (Å²) in [6.45, 7) is 2.22. The summed E-state index contributed by atoms with van der Waals surface area (Å²) in [7, 11) is 1.34. The highest BCUT2D eigenvalue weighted by Gasteiger charge is 2.12.